The molecule has 0 aromatic heterocycles. The van der Waals surface area contributed by atoms with Gasteiger partial charge in [-0.25, -0.2) is 13.2 Å². The van der Waals surface area contributed by atoms with Crippen LogP contribution < -0.4 is 0 Å². The maximum Gasteiger partial charge on any atom is 0.352 e. The molecule has 9 heteroatoms. The lowest BCUT2D eigenvalue weighted by atomic mass is 10.2. The lowest BCUT2D eigenvalue weighted by Crippen LogP contribution is -2.29. The monoisotopic (exact) mass is 326 g/mol. The molecule has 1 aliphatic rings. The number of sulfone groups is 1. The second-order valence-corrected chi connectivity index (χ2v) is 9.54. The molecule has 0 spiro atoms. The van der Waals surface area contributed by atoms with E-state index in [0.717, 1.165) is 29.8 Å². The second-order valence-electron chi connectivity index (χ2n) is 4.80. The molecular weight excluding hydrogens is 312 g/mol. The van der Waals surface area contributed by atoms with Crippen molar-refractivity contribution in [3.63, 3.8) is 0 Å². The van der Waals surface area contributed by atoms with Crippen LogP contribution in [0.4, 0.5) is 0 Å². The number of hydrogen-bond donors (Lipinski definition) is 1. The summed E-state index contributed by atoms with van der Waals surface area (Å²) in [6.45, 7) is 4.86. The zero-order valence-corrected chi connectivity index (χ0v) is 13.2. The van der Waals surface area contributed by atoms with Gasteiger partial charge in [-0.1, -0.05) is 23.5 Å². The molecule has 1 heterocycles. The molecular formula is C10H14O6S3. The predicted molar refractivity (Wildman–Crippen MR) is 74.3 cm³/mol. The van der Waals surface area contributed by atoms with Crippen LogP contribution in [0.3, 0.4) is 0 Å². The average molecular weight is 326 g/mol. The summed E-state index contributed by atoms with van der Waals surface area (Å²) in [5.74, 6) is -2.01. The van der Waals surface area contributed by atoms with E-state index in [1.165, 1.54) is 0 Å². The number of rotatable bonds is 3. The van der Waals surface area contributed by atoms with Crippen molar-refractivity contribution in [2.75, 3.05) is 6.26 Å². The van der Waals surface area contributed by atoms with E-state index in [2.05, 4.69) is 0 Å². The van der Waals surface area contributed by atoms with E-state index in [1.807, 2.05) is 0 Å². The summed E-state index contributed by atoms with van der Waals surface area (Å²) >= 11 is 1.67. The summed E-state index contributed by atoms with van der Waals surface area (Å²) in [4.78, 5) is 22.1. The van der Waals surface area contributed by atoms with Gasteiger partial charge in [0.2, 0.25) is 0 Å². The van der Waals surface area contributed by atoms with Gasteiger partial charge in [-0.2, -0.15) is 0 Å². The van der Waals surface area contributed by atoms with Gasteiger partial charge in [0.05, 0.1) is 4.24 Å². The van der Waals surface area contributed by atoms with Gasteiger partial charge in [0.25, 0.3) is 0 Å². The molecule has 6 nitrogen and oxygen atoms in total. The van der Waals surface area contributed by atoms with Crippen LogP contribution in [0, 0.1) is 0 Å². The Morgan fingerprint density at radius 2 is 1.74 bits per heavy atom. The summed E-state index contributed by atoms with van der Waals surface area (Å²) in [6, 6.07) is 0. The van der Waals surface area contributed by atoms with Crippen molar-refractivity contribution >= 4 is 45.3 Å². The summed E-state index contributed by atoms with van der Waals surface area (Å²) < 4.78 is 27.7. The summed E-state index contributed by atoms with van der Waals surface area (Å²) in [6.07, 6.45) is 0.897. The van der Waals surface area contributed by atoms with Gasteiger partial charge in [0.15, 0.2) is 19.3 Å². The molecule has 0 radical (unpaired) electrons. The number of ether oxygens (including phenoxy) is 1. The van der Waals surface area contributed by atoms with Crippen LogP contribution in [0.5, 0.6) is 0 Å². The predicted octanol–water partition coefficient (Wildman–Crippen LogP) is 1.43. The first-order valence-electron chi connectivity index (χ1n) is 5.15. The number of esters is 1. The quantitative estimate of drug-likeness (QED) is 0.614. The first-order valence-corrected chi connectivity index (χ1v) is 8.80. The van der Waals surface area contributed by atoms with Crippen LogP contribution in [0.15, 0.2) is 9.14 Å². The average Bonchev–Trinajstić information content (AvgIpc) is 2.03. The molecule has 0 aromatic rings. The van der Waals surface area contributed by atoms with Crippen molar-refractivity contribution in [3.05, 3.63) is 9.14 Å². The fourth-order valence-electron chi connectivity index (χ4n) is 1.12. The number of carboxylic acid groups (broad SMARTS) is 1. The van der Waals surface area contributed by atoms with Crippen molar-refractivity contribution in [1.29, 1.82) is 0 Å². The molecule has 1 fully saturated rings. The third-order valence-electron chi connectivity index (χ3n) is 1.77. The molecule has 0 atom stereocenters. The minimum atomic E-state index is -3.78. The van der Waals surface area contributed by atoms with Gasteiger partial charge in [0, 0.05) is 6.26 Å². The summed E-state index contributed by atoms with van der Waals surface area (Å²) in [5, 5.41) is 8.73. The highest BCUT2D eigenvalue weighted by Crippen LogP contribution is 2.53. The van der Waals surface area contributed by atoms with Gasteiger partial charge >= 0.3 is 11.9 Å². The Kier molecular flexibility index (Phi) is 4.63. The number of aliphatic carboxylic acids is 1. The zero-order chi connectivity index (χ0) is 15.0. The maximum absolute atomic E-state index is 11.9. The highest BCUT2D eigenvalue weighted by molar-refractivity contribution is 8.39. The summed E-state index contributed by atoms with van der Waals surface area (Å²) in [7, 11) is -3.78. The minimum absolute atomic E-state index is 0.171. The van der Waals surface area contributed by atoms with Crippen molar-refractivity contribution < 1.29 is 27.9 Å². The number of carboxylic acids is 1. The van der Waals surface area contributed by atoms with Crippen molar-refractivity contribution in [3.8, 4) is 0 Å². The molecule has 1 saturated heterocycles. The minimum Gasteiger partial charge on any atom is -0.480 e. The first-order chi connectivity index (χ1) is 8.42. The standard InChI is InChI=1S/C10H14O6S3/c1-10(2,3)16-7(13)5(19(4,14)15)8-17-9(18-8)6(11)12/h9H,1-4H3,(H,11,12). The Labute approximate surface area is 119 Å². The van der Waals surface area contributed by atoms with Crippen LogP contribution >= 0.6 is 23.5 Å². The fourth-order valence-corrected chi connectivity index (χ4v) is 4.82. The van der Waals surface area contributed by atoms with Crippen LogP contribution in [-0.2, 0) is 24.2 Å². The number of carbonyl (C=O) groups excluding carboxylic acids is 1. The smallest absolute Gasteiger partial charge is 0.352 e. The fraction of sp³-hybridized carbons (Fsp3) is 0.600. The third-order valence-corrected chi connectivity index (χ3v) is 5.96. The molecule has 0 aliphatic carbocycles. The highest BCUT2D eigenvalue weighted by Gasteiger charge is 2.40. The molecule has 1 N–H and O–H groups in total. The molecule has 0 aromatic carbocycles. The van der Waals surface area contributed by atoms with Crippen LogP contribution in [-0.4, -0.2) is 41.9 Å². The van der Waals surface area contributed by atoms with Crippen molar-refractivity contribution in [2.24, 2.45) is 0 Å². The Morgan fingerprint density at radius 3 is 2.05 bits per heavy atom. The Bertz CT molecular complexity index is 532. The molecule has 108 valence electrons. The second kappa shape index (κ2) is 5.37. The van der Waals surface area contributed by atoms with Gasteiger partial charge < -0.3 is 9.84 Å². The van der Waals surface area contributed by atoms with E-state index in [9.17, 15) is 18.0 Å². The summed E-state index contributed by atoms with van der Waals surface area (Å²) in [5.41, 5.74) is -0.821. The van der Waals surface area contributed by atoms with E-state index in [0.29, 0.717) is 0 Å². The third kappa shape index (κ3) is 4.43. The van der Waals surface area contributed by atoms with Gasteiger partial charge in [-0.15, -0.1) is 0 Å². The molecule has 0 unspecified atom stereocenters. The van der Waals surface area contributed by atoms with Gasteiger partial charge in [0.1, 0.15) is 5.60 Å². The van der Waals surface area contributed by atoms with E-state index < -0.39 is 36.9 Å². The zero-order valence-electron chi connectivity index (χ0n) is 10.8. The molecule has 1 rings (SSSR count). The SMILES string of the molecule is CC(C)(C)OC(=O)C(=C1SC(C(=O)O)S1)S(C)(=O)=O. The molecule has 0 saturated carbocycles. The van der Waals surface area contributed by atoms with Crippen molar-refractivity contribution in [1.82, 2.24) is 0 Å². The normalized spacial score (nSPS) is 19.6. The van der Waals surface area contributed by atoms with Crippen molar-refractivity contribution in [2.45, 2.75) is 31.0 Å². The van der Waals surface area contributed by atoms with E-state index in [1.54, 1.807) is 20.8 Å². The molecule has 1 aliphatic heterocycles. The molecule has 0 amide bonds. The highest BCUT2D eigenvalue weighted by atomic mass is 32.3. The van der Waals surface area contributed by atoms with Crippen LogP contribution in [0.2, 0.25) is 0 Å². The van der Waals surface area contributed by atoms with Gasteiger partial charge in [-0.05, 0) is 20.8 Å². The molecule has 0 bridgehead atoms. The number of hydrogen-bond acceptors (Lipinski definition) is 7. The topological polar surface area (TPSA) is 97.7 Å². The maximum atomic E-state index is 11.9. The lowest BCUT2D eigenvalue weighted by Gasteiger charge is -2.27. The largest absolute Gasteiger partial charge is 0.480 e. The Hall–Kier alpha value is -0.670. The van der Waals surface area contributed by atoms with Crippen LogP contribution in [0.25, 0.3) is 0 Å². The van der Waals surface area contributed by atoms with Gasteiger partial charge in [-0.3, -0.25) is 4.79 Å². The first kappa shape index (κ1) is 16.4. The number of thioether (sulfide) groups is 2. The van der Waals surface area contributed by atoms with Crippen LogP contribution in [0.1, 0.15) is 20.8 Å². The number of carbonyl (C=O) groups is 2. The van der Waals surface area contributed by atoms with E-state index in [4.69, 9.17) is 9.84 Å². The van der Waals surface area contributed by atoms with E-state index >= 15 is 0 Å². The molecule has 19 heavy (non-hydrogen) atoms. The lowest BCUT2D eigenvalue weighted by molar-refractivity contribution is -0.149. The Morgan fingerprint density at radius 1 is 1.26 bits per heavy atom. The van der Waals surface area contributed by atoms with E-state index in [-0.39, 0.29) is 4.24 Å². The Balaban J connectivity index is 3.04.